The van der Waals surface area contributed by atoms with Gasteiger partial charge in [0.05, 0.1) is 6.61 Å². The van der Waals surface area contributed by atoms with Crippen LogP contribution in [0.1, 0.15) is 70.2 Å². The summed E-state index contributed by atoms with van der Waals surface area (Å²) in [5, 5.41) is 15.1. The van der Waals surface area contributed by atoms with E-state index in [1.54, 1.807) is 20.8 Å². The molecule has 3 N–H and O–H groups in total. The zero-order chi connectivity index (χ0) is 24.5. The van der Waals surface area contributed by atoms with Crippen molar-refractivity contribution >= 4 is 17.9 Å². The number of aliphatic hydroxyl groups excluding tert-OH is 1. The van der Waals surface area contributed by atoms with Crippen molar-refractivity contribution in [1.82, 2.24) is 15.5 Å². The molecule has 0 aromatic heterocycles. The summed E-state index contributed by atoms with van der Waals surface area (Å²) in [6.45, 7) is 12.3. The number of alkyl carbamates (subject to hydrolysis) is 1. The lowest BCUT2D eigenvalue weighted by atomic mass is 9.95. The molecule has 0 heterocycles. The Bertz CT molecular complexity index is 788. The van der Waals surface area contributed by atoms with E-state index in [9.17, 15) is 19.5 Å². The van der Waals surface area contributed by atoms with Gasteiger partial charge < -0.3 is 25.4 Å². The van der Waals surface area contributed by atoms with Crippen LogP contribution in [0.4, 0.5) is 4.79 Å². The Kier molecular flexibility index (Phi) is 10.7. The summed E-state index contributed by atoms with van der Waals surface area (Å²) in [5.74, 6) is -0.812. The quantitative estimate of drug-likeness (QED) is 0.509. The lowest BCUT2D eigenvalue weighted by Gasteiger charge is -2.33. The number of aliphatic hydroxyl groups is 1. The number of rotatable bonds is 10. The van der Waals surface area contributed by atoms with E-state index in [1.165, 1.54) is 4.90 Å². The van der Waals surface area contributed by atoms with Gasteiger partial charge in [-0.05, 0) is 64.7 Å². The van der Waals surface area contributed by atoms with Gasteiger partial charge >= 0.3 is 6.09 Å². The molecule has 0 bridgehead atoms. The maximum absolute atomic E-state index is 13.3. The van der Waals surface area contributed by atoms with Crippen molar-refractivity contribution < 1.29 is 24.2 Å². The summed E-state index contributed by atoms with van der Waals surface area (Å²) >= 11 is 0. The van der Waals surface area contributed by atoms with Crippen molar-refractivity contribution in [2.24, 2.45) is 0 Å². The number of nitrogens with zero attached hydrogens (tertiary/aromatic N) is 1. The third-order valence-electron chi connectivity index (χ3n) is 5.06. The Morgan fingerprint density at radius 3 is 2.41 bits per heavy atom. The molecule has 1 aromatic rings. The molecule has 0 saturated carbocycles. The topological polar surface area (TPSA) is 108 Å². The van der Waals surface area contributed by atoms with Crippen LogP contribution in [0.25, 0.3) is 0 Å². The first-order valence-electron chi connectivity index (χ1n) is 11.1. The second-order valence-electron chi connectivity index (χ2n) is 9.06. The molecule has 32 heavy (non-hydrogen) atoms. The SMILES string of the molecule is CCCC(C)NC(=O)C(c1cccc(C)c1C)N(CCO)C(=O)CNC(=O)OC(C)(C)C. The average molecular weight is 450 g/mol. The number of hydrogen-bond donors (Lipinski definition) is 3. The Hall–Kier alpha value is -2.61. The first kappa shape index (κ1) is 27.4. The highest BCUT2D eigenvalue weighted by Gasteiger charge is 2.33. The third-order valence-corrected chi connectivity index (χ3v) is 5.06. The highest BCUT2D eigenvalue weighted by molar-refractivity contribution is 5.90. The van der Waals surface area contributed by atoms with Gasteiger partial charge in [-0.15, -0.1) is 0 Å². The molecule has 8 heteroatoms. The maximum atomic E-state index is 13.3. The first-order chi connectivity index (χ1) is 14.9. The standard InChI is InChI=1S/C24H39N3O5/c1-8-10-17(3)26-22(30)21(19-12-9-11-16(2)18(19)4)27(13-14-28)20(29)15-25-23(31)32-24(5,6)7/h9,11-12,17,21,28H,8,10,13-15H2,1-7H3,(H,25,31)(H,26,30). The van der Waals surface area contributed by atoms with Gasteiger partial charge in [0.2, 0.25) is 11.8 Å². The predicted molar refractivity (Wildman–Crippen MR) is 124 cm³/mol. The monoisotopic (exact) mass is 449 g/mol. The number of nitrogens with one attached hydrogen (secondary N) is 2. The molecule has 2 atom stereocenters. The molecule has 2 unspecified atom stereocenters. The van der Waals surface area contributed by atoms with Gasteiger partial charge in [0.15, 0.2) is 0 Å². The molecule has 0 spiro atoms. The number of amides is 3. The third kappa shape index (κ3) is 8.49. The molecule has 0 radical (unpaired) electrons. The second kappa shape index (κ2) is 12.4. The Morgan fingerprint density at radius 1 is 1.19 bits per heavy atom. The lowest BCUT2D eigenvalue weighted by Crippen LogP contribution is -2.50. The lowest BCUT2D eigenvalue weighted by molar-refractivity contribution is -0.141. The van der Waals surface area contributed by atoms with Gasteiger partial charge in [-0.25, -0.2) is 4.79 Å². The van der Waals surface area contributed by atoms with E-state index in [4.69, 9.17) is 4.74 Å². The van der Waals surface area contributed by atoms with Gasteiger partial charge in [0.25, 0.3) is 0 Å². The molecular weight excluding hydrogens is 410 g/mol. The van der Waals surface area contributed by atoms with Crippen molar-refractivity contribution in [1.29, 1.82) is 0 Å². The highest BCUT2D eigenvalue weighted by Crippen LogP contribution is 2.27. The molecule has 1 aromatic carbocycles. The first-order valence-corrected chi connectivity index (χ1v) is 11.1. The highest BCUT2D eigenvalue weighted by atomic mass is 16.6. The molecule has 0 aliphatic carbocycles. The van der Waals surface area contributed by atoms with Crippen LogP contribution in [-0.4, -0.2) is 59.3 Å². The summed E-state index contributed by atoms with van der Waals surface area (Å²) in [5.41, 5.74) is 1.87. The van der Waals surface area contributed by atoms with Crippen molar-refractivity contribution in [2.75, 3.05) is 19.7 Å². The van der Waals surface area contributed by atoms with Crippen molar-refractivity contribution in [3.8, 4) is 0 Å². The average Bonchev–Trinajstić information content (AvgIpc) is 2.67. The van der Waals surface area contributed by atoms with Crippen LogP contribution >= 0.6 is 0 Å². The largest absolute Gasteiger partial charge is 0.444 e. The van der Waals surface area contributed by atoms with Crippen LogP contribution in [0.15, 0.2) is 18.2 Å². The minimum atomic E-state index is -0.936. The zero-order valence-electron chi connectivity index (χ0n) is 20.4. The van der Waals surface area contributed by atoms with Gasteiger partial charge in [-0.1, -0.05) is 31.5 Å². The van der Waals surface area contributed by atoms with E-state index in [2.05, 4.69) is 10.6 Å². The Morgan fingerprint density at radius 2 is 1.84 bits per heavy atom. The van der Waals surface area contributed by atoms with Crippen molar-refractivity contribution in [2.45, 2.75) is 79.0 Å². The van der Waals surface area contributed by atoms with Gasteiger partial charge in [-0.3, -0.25) is 9.59 Å². The second-order valence-corrected chi connectivity index (χ2v) is 9.06. The van der Waals surface area contributed by atoms with E-state index >= 15 is 0 Å². The molecule has 8 nitrogen and oxygen atoms in total. The minimum Gasteiger partial charge on any atom is -0.444 e. The Labute approximate surface area is 191 Å². The molecule has 0 aliphatic heterocycles. The number of ether oxygens (including phenoxy) is 1. The van der Waals surface area contributed by atoms with Gasteiger partial charge in [0.1, 0.15) is 18.2 Å². The van der Waals surface area contributed by atoms with E-state index in [1.807, 2.05) is 45.9 Å². The maximum Gasteiger partial charge on any atom is 0.408 e. The fraction of sp³-hybridized carbons (Fsp3) is 0.625. The van der Waals surface area contributed by atoms with Crippen LogP contribution in [0.3, 0.4) is 0 Å². The van der Waals surface area contributed by atoms with Crippen LogP contribution in [-0.2, 0) is 14.3 Å². The van der Waals surface area contributed by atoms with Crippen molar-refractivity contribution in [3.63, 3.8) is 0 Å². The summed E-state index contributed by atoms with van der Waals surface area (Å²) < 4.78 is 5.19. The van der Waals surface area contributed by atoms with Crippen LogP contribution < -0.4 is 10.6 Å². The number of hydrogen-bond acceptors (Lipinski definition) is 5. The number of aryl methyl sites for hydroxylation is 1. The van der Waals surface area contributed by atoms with Gasteiger partial charge in [-0.2, -0.15) is 0 Å². The molecular formula is C24H39N3O5. The van der Waals surface area contributed by atoms with Crippen LogP contribution in [0.2, 0.25) is 0 Å². The van der Waals surface area contributed by atoms with Gasteiger partial charge in [0, 0.05) is 12.6 Å². The summed E-state index contributed by atoms with van der Waals surface area (Å²) in [6, 6.07) is 4.60. The summed E-state index contributed by atoms with van der Waals surface area (Å²) in [6.07, 6.45) is 0.993. The number of carbonyl (C=O) groups excluding carboxylic acids is 3. The summed E-state index contributed by atoms with van der Waals surface area (Å²) in [4.78, 5) is 39.7. The predicted octanol–water partition coefficient (Wildman–Crippen LogP) is 2.99. The summed E-state index contributed by atoms with van der Waals surface area (Å²) in [7, 11) is 0. The zero-order valence-corrected chi connectivity index (χ0v) is 20.4. The fourth-order valence-corrected chi connectivity index (χ4v) is 3.42. The smallest absolute Gasteiger partial charge is 0.408 e. The molecule has 180 valence electrons. The Balaban J connectivity index is 3.23. The normalized spacial score (nSPS) is 13.1. The van der Waals surface area contributed by atoms with E-state index < -0.39 is 23.6 Å². The number of carbonyl (C=O) groups is 3. The van der Waals surface area contributed by atoms with Crippen LogP contribution in [0.5, 0.6) is 0 Å². The van der Waals surface area contributed by atoms with E-state index in [0.717, 1.165) is 24.0 Å². The molecule has 0 saturated heterocycles. The molecule has 0 aliphatic rings. The van der Waals surface area contributed by atoms with Crippen molar-refractivity contribution in [3.05, 3.63) is 34.9 Å². The fourth-order valence-electron chi connectivity index (χ4n) is 3.42. The minimum absolute atomic E-state index is 0.0531. The molecule has 0 fully saturated rings. The van der Waals surface area contributed by atoms with E-state index in [0.29, 0.717) is 5.56 Å². The van der Waals surface area contributed by atoms with E-state index in [-0.39, 0.29) is 31.6 Å². The molecule has 1 rings (SSSR count). The molecule has 3 amide bonds. The van der Waals surface area contributed by atoms with Crippen LogP contribution in [0, 0.1) is 13.8 Å². The number of benzene rings is 1.